The summed E-state index contributed by atoms with van der Waals surface area (Å²) in [5.74, 6) is -2.58. The van der Waals surface area contributed by atoms with E-state index in [1.807, 2.05) is 6.07 Å². The van der Waals surface area contributed by atoms with Crippen LogP contribution in [0.3, 0.4) is 0 Å². The summed E-state index contributed by atoms with van der Waals surface area (Å²) >= 11 is 0. The van der Waals surface area contributed by atoms with E-state index < -0.39 is 32.3 Å². The van der Waals surface area contributed by atoms with Gasteiger partial charge >= 0.3 is 0 Å². The van der Waals surface area contributed by atoms with Crippen molar-refractivity contribution in [3.63, 3.8) is 0 Å². The molecule has 0 radical (unpaired) electrons. The molecule has 2 saturated heterocycles. The number of aromatic amines is 1. The fourth-order valence-corrected chi connectivity index (χ4v) is 7.31. The normalized spacial score (nSPS) is 16.9. The number of piperidine rings is 1. The molecule has 0 spiro atoms. The van der Waals surface area contributed by atoms with Crippen molar-refractivity contribution >= 4 is 32.3 Å². The van der Waals surface area contributed by atoms with E-state index in [2.05, 4.69) is 20.4 Å². The smallest absolute Gasteiger partial charge is 0.250 e. The van der Waals surface area contributed by atoms with E-state index in [1.54, 1.807) is 12.1 Å². The first-order valence-electron chi connectivity index (χ1n) is 14.4. The minimum absolute atomic E-state index is 0.0276. The van der Waals surface area contributed by atoms with E-state index in [0.29, 0.717) is 59.2 Å². The molecule has 2 fully saturated rings. The first-order chi connectivity index (χ1) is 20.7. The zero-order valence-electron chi connectivity index (χ0n) is 23.5. The number of amides is 1. The van der Waals surface area contributed by atoms with Gasteiger partial charge in [-0.05, 0) is 80.7 Å². The van der Waals surface area contributed by atoms with Gasteiger partial charge in [0.05, 0.1) is 26.6 Å². The molecular formula is C31H33F2N5O4S. The zero-order valence-corrected chi connectivity index (χ0v) is 24.4. The quantitative estimate of drug-likeness (QED) is 0.256. The number of benzene rings is 3. The van der Waals surface area contributed by atoms with Crippen LogP contribution in [0.25, 0.3) is 22.2 Å². The van der Waals surface area contributed by atoms with Crippen LogP contribution in [0.5, 0.6) is 0 Å². The number of primary amides is 1. The van der Waals surface area contributed by atoms with Crippen molar-refractivity contribution in [2.75, 3.05) is 31.6 Å². The first-order valence-corrected chi connectivity index (χ1v) is 15.9. The van der Waals surface area contributed by atoms with Crippen molar-refractivity contribution in [3.05, 3.63) is 71.3 Å². The van der Waals surface area contributed by atoms with Gasteiger partial charge < -0.3 is 15.8 Å². The number of nitrogens with two attached hydrogens (primary N) is 1. The highest BCUT2D eigenvalue weighted by molar-refractivity contribution is 7.91. The van der Waals surface area contributed by atoms with Crippen molar-refractivity contribution in [2.24, 2.45) is 5.73 Å². The lowest BCUT2D eigenvalue weighted by atomic mass is 9.94. The van der Waals surface area contributed by atoms with E-state index in [0.717, 1.165) is 56.5 Å². The third-order valence-corrected chi connectivity index (χ3v) is 9.93. The number of ether oxygens (including phenoxy) is 1. The molecule has 226 valence electrons. The lowest BCUT2D eigenvalue weighted by molar-refractivity contribution is 0.0904. The molecule has 0 unspecified atom stereocenters. The number of hydrogen-bond donors (Lipinski definition) is 3. The second kappa shape index (κ2) is 12.0. The highest BCUT2D eigenvalue weighted by Crippen LogP contribution is 2.40. The Bertz CT molecular complexity index is 1760. The average Bonchev–Trinajstić information content (AvgIpc) is 3.41. The number of nitrogens with one attached hydrogen (secondary N) is 2. The number of likely N-dealkylation sites (tertiary alicyclic amines) is 1. The van der Waals surface area contributed by atoms with Gasteiger partial charge in [0.1, 0.15) is 17.3 Å². The lowest BCUT2D eigenvalue weighted by Crippen LogP contribution is -2.31. The molecule has 4 N–H and O–H groups in total. The number of fused-ring (bicyclic) bond motifs is 1. The summed E-state index contributed by atoms with van der Waals surface area (Å²) in [6, 6.07) is 10.3. The third-order valence-electron chi connectivity index (χ3n) is 8.20. The molecule has 4 aromatic rings. The van der Waals surface area contributed by atoms with Crippen molar-refractivity contribution in [3.8, 4) is 11.3 Å². The minimum Gasteiger partial charge on any atom is -0.381 e. The number of carbonyl (C=O) groups excluding carboxylic acids is 1. The number of nitrogens with zero attached hydrogens (tertiary/aromatic N) is 2. The Balaban J connectivity index is 1.53. The third kappa shape index (κ3) is 5.99. The Morgan fingerprint density at radius 3 is 2.42 bits per heavy atom. The second-order valence-corrected chi connectivity index (χ2v) is 13.1. The molecule has 1 aromatic heterocycles. The highest BCUT2D eigenvalue weighted by atomic mass is 32.2. The minimum atomic E-state index is -4.27. The van der Waals surface area contributed by atoms with Gasteiger partial charge in [-0.1, -0.05) is 12.5 Å². The van der Waals surface area contributed by atoms with Crippen LogP contribution in [-0.4, -0.2) is 61.8 Å². The predicted molar refractivity (Wildman–Crippen MR) is 158 cm³/mol. The van der Waals surface area contributed by atoms with E-state index in [-0.39, 0.29) is 10.9 Å². The van der Waals surface area contributed by atoms with E-state index in [1.165, 1.54) is 18.6 Å². The summed E-state index contributed by atoms with van der Waals surface area (Å²) in [5, 5.41) is 11.7. The van der Waals surface area contributed by atoms with Crippen LogP contribution < -0.4 is 11.1 Å². The molecule has 12 heteroatoms. The Kier molecular flexibility index (Phi) is 8.17. The molecule has 0 aliphatic carbocycles. The van der Waals surface area contributed by atoms with Crippen LogP contribution in [0.4, 0.5) is 14.5 Å². The number of anilines is 1. The fraction of sp³-hybridized carbons (Fsp3) is 0.355. The Morgan fingerprint density at radius 1 is 1.00 bits per heavy atom. The van der Waals surface area contributed by atoms with Gasteiger partial charge in [-0.3, -0.25) is 14.8 Å². The van der Waals surface area contributed by atoms with Crippen LogP contribution in [0.2, 0.25) is 0 Å². The molecule has 0 saturated carbocycles. The highest BCUT2D eigenvalue weighted by Gasteiger charge is 2.27. The number of aromatic nitrogens is 2. The molecule has 9 nitrogen and oxygen atoms in total. The van der Waals surface area contributed by atoms with E-state index >= 15 is 0 Å². The van der Waals surface area contributed by atoms with Gasteiger partial charge in [0.15, 0.2) is 0 Å². The topological polar surface area (TPSA) is 130 Å². The molecule has 0 atom stereocenters. The summed E-state index contributed by atoms with van der Waals surface area (Å²) in [6.45, 7) is 3.65. The van der Waals surface area contributed by atoms with Gasteiger partial charge in [0, 0.05) is 42.8 Å². The fourth-order valence-electron chi connectivity index (χ4n) is 5.98. The largest absolute Gasteiger partial charge is 0.381 e. The van der Waals surface area contributed by atoms with E-state index in [9.17, 15) is 22.0 Å². The van der Waals surface area contributed by atoms with Crippen LogP contribution in [-0.2, 0) is 21.1 Å². The van der Waals surface area contributed by atoms with Crippen LogP contribution >= 0.6 is 0 Å². The number of rotatable bonds is 8. The number of hydrogen-bond acceptors (Lipinski definition) is 7. The van der Waals surface area contributed by atoms with Crippen LogP contribution in [0, 0.1) is 11.6 Å². The molecule has 1 amide bonds. The second-order valence-electron chi connectivity index (χ2n) is 11.1. The molecular weight excluding hydrogens is 576 g/mol. The number of halogens is 2. The summed E-state index contributed by atoms with van der Waals surface area (Å²) in [5.41, 5.74) is 9.30. The predicted octanol–water partition coefficient (Wildman–Crippen LogP) is 5.02. The van der Waals surface area contributed by atoms with Crippen LogP contribution in [0.15, 0.2) is 58.3 Å². The van der Waals surface area contributed by atoms with Gasteiger partial charge in [-0.2, -0.15) is 5.10 Å². The maximum atomic E-state index is 14.0. The summed E-state index contributed by atoms with van der Waals surface area (Å²) in [7, 11) is -4.27. The number of carbonyl (C=O) groups is 1. The molecule has 43 heavy (non-hydrogen) atoms. The standard InChI is InChI=1S/C31H33F2N5O4S/c32-20-14-21(33)16-24(15-20)43(40,41)23-5-7-27-26(17-23)30(37-36-27)28-19(18-38-10-2-1-3-11-38)4-6-25(31(34)39)29(28)35-22-8-12-42-13-9-22/h4-7,14-17,22,35H,1-3,8-13,18H2,(H2,34,39)(H,36,37). The zero-order chi connectivity index (χ0) is 30.1. The molecule has 3 aromatic carbocycles. The molecule has 2 aliphatic rings. The summed E-state index contributed by atoms with van der Waals surface area (Å²) < 4.78 is 60.5. The van der Waals surface area contributed by atoms with Crippen LogP contribution in [0.1, 0.15) is 48.0 Å². The molecule has 6 rings (SSSR count). The maximum absolute atomic E-state index is 14.0. The average molecular weight is 610 g/mol. The SMILES string of the molecule is NC(=O)c1ccc(CN2CCCCC2)c(-c2n[nH]c3ccc(S(=O)(=O)c4cc(F)cc(F)c4)cc23)c1NC1CCOCC1. The Labute approximate surface area is 248 Å². The Hall–Kier alpha value is -3.87. The van der Waals surface area contributed by atoms with Crippen molar-refractivity contribution in [2.45, 2.75) is 54.5 Å². The lowest BCUT2D eigenvalue weighted by Gasteiger charge is -2.30. The van der Waals surface area contributed by atoms with Gasteiger partial charge in [0.2, 0.25) is 9.84 Å². The first kappa shape index (κ1) is 29.2. The monoisotopic (exact) mass is 609 g/mol. The number of H-pyrrole nitrogens is 1. The molecule has 3 heterocycles. The number of sulfone groups is 1. The van der Waals surface area contributed by atoms with Gasteiger partial charge in [-0.15, -0.1) is 0 Å². The summed E-state index contributed by atoms with van der Waals surface area (Å²) in [4.78, 5) is 14.4. The van der Waals surface area contributed by atoms with E-state index in [4.69, 9.17) is 10.5 Å². The molecule has 2 aliphatic heterocycles. The van der Waals surface area contributed by atoms with Crippen molar-refractivity contribution in [1.29, 1.82) is 0 Å². The molecule has 0 bridgehead atoms. The maximum Gasteiger partial charge on any atom is 0.250 e. The van der Waals surface area contributed by atoms with Gasteiger partial charge in [-0.25, -0.2) is 17.2 Å². The summed E-state index contributed by atoms with van der Waals surface area (Å²) in [6.07, 6.45) is 4.84. The van der Waals surface area contributed by atoms with Crippen molar-refractivity contribution < 1.29 is 26.7 Å². The van der Waals surface area contributed by atoms with Gasteiger partial charge in [0.25, 0.3) is 5.91 Å². The Morgan fingerprint density at radius 2 is 1.72 bits per heavy atom. The van der Waals surface area contributed by atoms with Crippen molar-refractivity contribution in [1.82, 2.24) is 15.1 Å².